The summed E-state index contributed by atoms with van der Waals surface area (Å²) in [5.74, 6) is 2.40. The van der Waals surface area contributed by atoms with E-state index in [9.17, 15) is 4.79 Å². The topological polar surface area (TPSA) is 46.3 Å². The molecule has 0 radical (unpaired) electrons. The Kier molecular flexibility index (Phi) is 5.70. The molecule has 2 rings (SSSR count). The maximum atomic E-state index is 12.9. The molecule has 0 aromatic carbocycles. The first-order valence-electron chi connectivity index (χ1n) is 8.96. The molecule has 1 amide bonds. The maximum Gasteiger partial charge on any atom is 0.225 e. The minimum atomic E-state index is 0.144. The van der Waals surface area contributed by atoms with Gasteiger partial charge in [-0.15, -0.1) is 0 Å². The summed E-state index contributed by atoms with van der Waals surface area (Å²) in [6.07, 6.45) is 8.19. The second kappa shape index (κ2) is 7.13. The summed E-state index contributed by atoms with van der Waals surface area (Å²) < 4.78 is 0. The molecule has 0 bridgehead atoms. The lowest BCUT2D eigenvalue weighted by Gasteiger charge is -2.41. The fourth-order valence-electron chi connectivity index (χ4n) is 4.41. The highest BCUT2D eigenvalue weighted by Crippen LogP contribution is 2.36. The zero-order valence-electron chi connectivity index (χ0n) is 14.3. The lowest BCUT2D eigenvalue weighted by molar-refractivity contribution is -0.140. The molecule has 2 N–H and O–H groups in total. The number of nitrogens with two attached hydrogens (primary N) is 1. The summed E-state index contributed by atoms with van der Waals surface area (Å²) in [4.78, 5) is 14.9. The summed E-state index contributed by atoms with van der Waals surface area (Å²) in [6.45, 7) is 6.73. The molecule has 0 heterocycles. The fraction of sp³-hybridized carbons (Fsp3) is 0.944. The van der Waals surface area contributed by atoms with Crippen LogP contribution in [-0.4, -0.2) is 29.9 Å². The van der Waals surface area contributed by atoms with Gasteiger partial charge in [-0.3, -0.25) is 4.79 Å². The van der Waals surface area contributed by atoms with E-state index >= 15 is 0 Å². The van der Waals surface area contributed by atoms with Crippen LogP contribution in [0.2, 0.25) is 0 Å². The van der Waals surface area contributed by atoms with E-state index in [0.717, 1.165) is 18.8 Å². The van der Waals surface area contributed by atoms with Crippen LogP contribution in [0.1, 0.15) is 65.7 Å². The van der Waals surface area contributed by atoms with E-state index in [0.29, 0.717) is 23.8 Å². The minimum absolute atomic E-state index is 0.144. The van der Waals surface area contributed by atoms with Crippen LogP contribution in [0.5, 0.6) is 0 Å². The number of rotatable bonds is 3. The zero-order chi connectivity index (χ0) is 15.6. The molecule has 0 aliphatic heterocycles. The van der Waals surface area contributed by atoms with Crippen LogP contribution in [0.4, 0.5) is 0 Å². The van der Waals surface area contributed by atoms with Crippen molar-refractivity contribution in [2.45, 2.75) is 77.8 Å². The number of carbonyl (C=O) groups excluding carboxylic acids is 1. The number of nitrogens with zero attached hydrogens (tertiary/aromatic N) is 1. The van der Waals surface area contributed by atoms with Crippen LogP contribution >= 0.6 is 0 Å². The van der Waals surface area contributed by atoms with E-state index in [1.54, 1.807) is 0 Å². The maximum absolute atomic E-state index is 12.9. The second-order valence-corrected chi connectivity index (χ2v) is 7.73. The van der Waals surface area contributed by atoms with Gasteiger partial charge in [0.25, 0.3) is 0 Å². The van der Waals surface area contributed by atoms with Gasteiger partial charge in [0.05, 0.1) is 0 Å². The molecule has 21 heavy (non-hydrogen) atoms. The first kappa shape index (κ1) is 16.8. The molecule has 0 spiro atoms. The Balaban J connectivity index is 1.93. The van der Waals surface area contributed by atoms with Crippen molar-refractivity contribution in [1.29, 1.82) is 0 Å². The number of hydrogen-bond acceptors (Lipinski definition) is 2. The van der Waals surface area contributed by atoms with Gasteiger partial charge >= 0.3 is 0 Å². The molecule has 122 valence electrons. The smallest absolute Gasteiger partial charge is 0.225 e. The Labute approximate surface area is 130 Å². The van der Waals surface area contributed by atoms with Crippen LogP contribution < -0.4 is 5.73 Å². The van der Waals surface area contributed by atoms with Crippen molar-refractivity contribution >= 4 is 5.91 Å². The van der Waals surface area contributed by atoms with Gasteiger partial charge < -0.3 is 10.6 Å². The van der Waals surface area contributed by atoms with Gasteiger partial charge in [-0.05, 0) is 56.3 Å². The fourth-order valence-corrected chi connectivity index (χ4v) is 4.41. The molecular formula is C18H34N2O. The van der Waals surface area contributed by atoms with Crippen LogP contribution in [0.25, 0.3) is 0 Å². The average Bonchev–Trinajstić information content (AvgIpc) is 2.49. The zero-order valence-corrected chi connectivity index (χ0v) is 14.3. The van der Waals surface area contributed by atoms with Crippen molar-refractivity contribution < 1.29 is 4.79 Å². The summed E-state index contributed by atoms with van der Waals surface area (Å²) >= 11 is 0. The Bertz CT molecular complexity index is 349. The van der Waals surface area contributed by atoms with E-state index < -0.39 is 0 Å². The summed E-state index contributed by atoms with van der Waals surface area (Å²) in [7, 11) is 2.02. The van der Waals surface area contributed by atoms with Gasteiger partial charge in [0, 0.05) is 25.0 Å². The van der Waals surface area contributed by atoms with Crippen LogP contribution in [0, 0.1) is 23.7 Å². The van der Waals surface area contributed by atoms with Crippen molar-refractivity contribution in [3.63, 3.8) is 0 Å². The minimum Gasteiger partial charge on any atom is -0.343 e. The Morgan fingerprint density at radius 3 is 2.29 bits per heavy atom. The van der Waals surface area contributed by atoms with Crippen molar-refractivity contribution in [3.05, 3.63) is 0 Å². The van der Waals surface area contributed by atoms with E-state index in [1.807, 2.05) is 7.05 Å². The van der Waals surface area contributed by atoms with Gasteiger partial charge in [0.2, 0.25) is 5.91 Å². The monoisotopic (exact) mass is 294 g/mol. The lowest BCUT2D eigenvalue weighted by atomic mass is 9.72. The molecule has 2 saturated carbocycles. The van der Waals surface area contributed by atoms with Crippen molar-refractivity contribution in [2.24, 2.45) is 29.4 Å². The molecule has 3 nitrogen and oxygen atoms in total. The van der Waals surface area contributed by atoms with Gasteiger partial charge in [0.1, 0.15) is 0 Å². The second-order valence-electron chi connectivity index (χ2n) is 7.73. The van der Waals surface area contributed by atoms with Gasteiger partial charge in [-0.1, -0.05) is 27.2 Å². The SMILES string of the molecule is CCC1CCC(N(C)C(=O)C2CC(N)C(C)CC2C)CC1. The molecule has 4 unspecified atom stereocenters. The third-order valence-corrected chi connectivity index (χ3v) is 6.29. The van der Waals surface area contributed by atoms with Crippen molar-refractivity contribution in [1.82, 2.24) is 4.90 Å². The molecule has 0 aromatic rings. The third kappa shape index (κ3) is 3.80. The molecule has 3 heteroatoms. The van der Waals surface area contributed by atoms with Crippen LogP contribution in [0.15, 0.2) is 0 Å². The van der Waals surface area contributed by atoms with Gasteiger partial charge in [-0.25, -0.2) is 0 Å². The van der Waals surface area contributed by atoms with E-state index in [4.69, 9.17) is 5.73 Å². The van der Waals surface area contributed by atoms with Crippen LogP contribution in [-0.2, 0) is 4.79 Å². The normalized spacial score (nSPS) is 40.8. The van der Waals surface area contributed by atoms with Crippen molar-refractivity contribution in [3.8, 4) is 0 Å². The summed E-state index contributed by atoms with van der Waals surface area (Å²) in [5.41, 5.74) is 6.21. The molecule has 0 saturated heterocycles. The lowest BCUT2D eigenvalue weighted by Crippen LogP contribution is -2.48. The largest absolute Gasteiger partial charge is 0.343 e. The van der Waals surface area contributed by atoms with E-state index in [2.05, 4.69) is 25.7 Å². The van der Waals surface area contributed by atoms with Gasteiger partial charge in [-0.2, -0.15) is 0 Å². The Hall–Kier alpha value is -0.570. The predicted molar refractivity (Wildman–Crippen MR) is 87.8 cm³/mol. The molecular weight excluding hydrogens is 260 g/mol. The molecule has 4 atom stereocenters. The van der Waals surface area contributed by atoms with Gasteiger partial charge in [0.15, 0.2) is 0 Å². The number of carbonyl (C=O) groups is 1. The number of hydrogen-bond donors (Lipinski definition) is 1. The van der Waals surface area contributed by atoms with E-state index in [-0.39, 0.29) is 12.0 Å². The summed E-state index contributed by atoms with van der Waals surface area (Å²) in [6, 6.07) is 0.655. The van der Waals surface area contributed by atoms with Crippen molar-refractivity contribution in [2.75, 3.05) is 7.05 Å². The van der Waals surface area contributed by atoms with E-state index in [1.165, 1.54) is 32.1 Å². The molecule has 2 aliphatic rings. The molecule has 2 fully saturated rings. The highest BCUT2D eigenvalue weighted by Gasteiger charge is 2.38. The predicted octanol–water partition coefficient (Wildman–Crippen LogP) is 3.42. The number of amides is 1. The summed E-state index contributed by atoms with van der Waals surface area (Å²) in [5, 5.41) is 0. The Morgan fingerprint density at radius 1 is 1.10 bits per heavy atom. The quantitative estimate of drug-likeness (QED) is 0.867. The highest BCUT2D eigenvalue weighted by molar-refractivity contribution is 5.79. The third-order valence-electron chi connectivity index (χ3n) is 6.29. The first-order chi connectivity index (χ1) is 9.93. The molecule has 2 aliphatic carbocycles. The van der Waals surface area contributed by atoms with Crippen LogP contribution in [0.3, 0.4) is 0 Å². The first-order valence-corrected chi connectivity index (χ1v) is 8.96. The standard InChI is InChI=1S/C18H34N2O/c1-5-14-6-8-15(9-7-14)20(4)18(21)16-11-17(19)13(3)10-12(16)2/h12-17H,5-11,19H2,1-4H3. The highest BCUT2D eigenvalue weighted by atomic mass is 16.2. The average molecular weight is 294 g/mol. The Morgan fingerprint density at radius 2 is 1.71 bits per heavy atom. The molecule has 0 aromatic heterocycles.